The van der Waals surface area contributed by atoms with E-state index in [4.69, 9.17) is 0 Å². The average molecular weight is 265 g/mol. The molecule has 3 aromatic heterocycles. The Morgan fingerprint density at radius 3 is 3.15 bits per heavy atom. The topological polar surface area (TPSA) is 44.8 Å². The number of fused-ring (bicyclic) bond motifs is 3. The molecule has 0 bridgehead atoms. The second-order valence-corrected chi connectivity index (χ2v) is 5.49. The zero-order valence-corrected chi connectivity index (χ0v) is 11.3. The van der Waals surface area contributed by atoms with Crippen molar-refractivity contribution in [2.24, 2.45) is 5.92 Å². The maximum absolute atomic E-state index is 4.47. The number of rotatable bonds is 2. The first kappa shape index (κ1) is 11.7. The van der Waals surface area contributed by atoms with Crippen LogP contribution >= 0.6 is 0 Å². The van der Waals surface area contributed by atoms with Crippen molar-refractivity contribution in [2.45, 2.75) is 12.8 Å². The zero-order chi connectivity index (χ0) is 13.5. The van der Waals surface area contributed by atoms with Gasteiger partial charge in [0.1, 0.15) is 5.65 Å². The molecular weight excluding hydrogens is 248 g/mol. The molecule has 101 valence electrons. The number of hydrogen-bond donors (Lipinski definition) is 1. The summed E-state index contributed by atoms with van der Waals surface area (Å²) in [5.41, 5.74) is 3.28. The van der Waals surface area contributed by atoms with Gasteiger partial charge in [0, 0.05) is 36.6 Å². The van der Waals surface area contributed by atoms with E-state index in [-0.39, 0.29) is 0 Å². The molecule has 4 nitrogen and oxygen atoms in total. The molecule has 4 heterocycles. The normalized spacial score (nSPS) is 19.2. The van der Waals surface area contributed by atoms with Gasteiger partial charge in [0.2, 0.25) is 0 Å². The van der Waals surface area contributed by atoms with Gasteiger partial charge in [-0.1, -0.05) is 6.92 Å². The Labute approximate surface area is 117 Å². The molecular formula is C16H17N4. The van der Waals surface area contributed by atoms with E-state index in [0.29, 0.717) is 5.92 Å². The van der Waals surface area contributed by atoms with E-state index in [1.165, 1.54) is 22.9 Å². The van der Waals surface area contributed by atoms with Crippen molar-refractivity contribution >= 4 is 27.6 Å². The summed E-state index contributed by atoms with van der Waals surface area (Å²) in [6.07, 6.45) is 7.84. The van der Waals surface area contributed by atoms with Gasteiger partial charge >= 0.3 is 0 Å². The van der Waals surface area contributed by atoms with Gasteiger partial charge in [-0.05, 0) is 30.9 Å². The van der Waals surface area contributed by atoms with Crippen LogP contribution < -0.4 is 4.90 Å². The van der Waals surface area contributed by atoms with E-state index >= 15 is 0 Å². The third kappa shape index (κ3) is 1.68. The fourth-order valence-electron chi connectivity index (χ4n) is 3.20. The predicted molar refractivity (Wildman–Crippen MR) is 81.7 cm³/mol. The van der Waals surface area contributed by atoms with Gasteiger partial charge in [-0.2, -0.15) is 0 Å². The van der Waals surface area contributed by atoms with Crippen LogP contribution in [0, 0.1) is 12.8 Å². The molecule has 0 aliphatic carbocycles. The van der Waals surface area contributed by atoms with Crippen LogP contribution in [-0.4, -0.2) is 28.0 Å². The number of pyridine rings is 2. The van der Waals surface area contributed by atoms with Gasteiger partial charge in [0.15, 0.2) is 0 Å². The van der Waals surface area contributed by atoms with Gasteiger partial charge in [0.05, 0.1) is 17.1 Å². The Balaban J connectivity index is 1.91. The molecule has 1 fully saturated rings. The maximum atomic E-state index is 4.47. The lowest BCUT2D eigenvalue weighted by Crippen LogP contribution is -2.19. The standard InChI is InChI=1S/C16H17N4/c1-2-11-5-8-20(10-11)14-4-7-18-16-15(14)12-3-6-17-9-13(12)19-16/h3-4,6-7,9,11H,1-2,5,8,10H2,(H,18,19)/t11-/m0/s1. The van der Waals surface area contributed by atoms with Gasteiger partial charge in [-0.25, -0.2) is 4.98 Å². The Hall–Kier alpha value is -2.10. The molecule has 1 N–H and O–H groups in total. The summed E-state index contributed by atoms with van der Waals surface area (Å²) >= 11 is 0. The molecule has 0 saturated carbocycles. The first-order chi connectivity index (χ1) is 9.86. The number of aromatic nitrogens is 3. The number of anilines is 1. The molecule has 0 unspecified atom stereocenters. The molecule has 0 amide bonds. The minimum Gasteiger partial charge on any atom is -0.371 e. The first-order valence-electron chi connectivity index (χ1n) is 7.11. The van der Waals surface area contributed by atoms with Gasteiger partial charge < -0.3 is 9.88 Å². The van der Waals surface area contributed by atoms with E-state index in [2.05, 4.69) is 38.9 Å². The van der Waals surface area contributed by atoms with Crippen LogP contribution in [0.2, 0.25) is 0 Å². The Kier molecular flexibility index (Phi) is 2.62. The van der Waals surface area contributed by atoms with Crippen LogP contribution in [0.3, 0.4) is 0 Å². The molecule has 1 radical (unpaired) electrons. The van der Waals surface area contributed by atoms with Crippen molar-refractivity contribution in [1.82, 2.24) is 15.0 Å². The largest absolute Gasteiger partial charge is 0.371 e. The summed E-state index contributed by atoms with van der Waals surface area (Å²) in [6.45, 7) is 6.25. The van der Waals surface area contributed by atoms with E-state index in [9.17, 15) is 0 Å². The molecule has 3 aromatic rings. The summed E-state index contributed by atoms with van der Waals surface area (Å²) in [6, 6.07) is 4.19. The van der Waals surface area contributed by atoms with E-state index in [1.807, 2.05) is 18.6 Å². The zero-order valence-electron chi connectivity index (χ0n) is 11.3. The second-order valence-electron chi connectivity index (χ2n) is 5.49. The molecule has 1 saturated heterocycles. The number of nitrogens with one attached hydrogen (secondary N) is 1. The third-order valence-corrected chi connectivity index (χ3v) is 4.31. The monoisotopic (exact) mass is 265 g/mol. The second kappa shape index (κ2) is 4.47. The molecule has 4 rings (SSSR count). The van der Waals surface area contributed by atoms with Crippen LogP contribution in [-0.2, 0) is 0 Å². The SMILES string of the molecule is [CH2]C[C@H]1CCN(c2ccnc3[nH]c4cnccc4c23)C1. The number of nitrogens with zero attached hydrogens (tertiary/aromatic N) is 3. The summed E-state index contributed by atoms with van der Waals surface area (Å²) in [7, 11) is 0. The fourth-order valence-corrected chi connectivity index (χ4v) is 3.20. The summed E-state index contributed by atoms with van der Waals surface area (Å²) < 4.78 is 0. The van der Waals surface area contributed by atoms with Crippen LogP contribution in [0.5, 0.6) is 0 Å². The van der Waals surface area contributed by atoms with Crippen molar-refractivity contribution in [2.75, 3.05) is 18.0 Å². The van der Waals surface area contributed by atoms with Crippen LogP contribution in [0.4, 0.5) is 5.69 Å². The minimum atomic E-state index is 0.713. The first-order valence-corrected chi connectivity index (χ1v) is 7.11. The van der Waals surface area contributed by atoms with E-state index in [0.717, 1.165) is 30.7 Å². The maximum Gasteiger partial charge on any atom is 0.140 e. The lowest BCUT2D eigenvalue weighted by Gasteiger charge is -2.19. The number of aromatic amines is 1. The van der Waals surface area contributed by atoms with Crippen LogP contribution in [0.15, 0.2) is 30.7 Å². The lowest BCUT2D eigenvalue weighted by molar-refractivity contribution is 0.598. The van der Waals surface area contributed by atoms with Crippen molar-refractivity contribution in [1.29, 1.82) is 0 Å². The number of hydrogen-bond acceptors (Lipinski definition) is 3. The van der Waals surface area contributed by atoms with E-state index < -0.39 is 0 Å². The molecule has 0 spiro atoms. The highest BCUT2D eigenvalue weighted by Gasteiger charge is 2.23. The molecule has 1 atom stereocenters. The van der Waals surface area contributed by atoms with Crippen molar-refractivity contribution < 1.29 is 0 Å². The number of H-pyrrole nitrogens is 1. The van der Waals surface area contributed by atoms with Crippen LogP contribution in [0.25, 0.3) is 21.9 Å². The van der Waals surface area contributed by atoms with Crippen molar-refractivity contribution in [3.05, 3.63) is 37.6 Å². The van der Waals surface area contributed by atoms with Gasteiger partial charge in [0.25, 0.3) is 0 Å². The minimum absolute atomic E-state index is 0.713. The summed E-state index contributed by atoms with van der Waals surface area (Å²) in [5.74, 6) is 0.713. The smallest absolute Gasteiger partial charge is 0.140 e. The molecule has 1 aliphatic heterocycles. The van der Waals surface area contributed by atoms with Gasteiger partial charge in [-0.3, -0.25) is 4.98 Å². The Morgan fingerprint density at radius 2 is 2.30 bits per heavy atom. The molecule has 4 heteroatoms. The van der Waals surface area contributed by atoms with Crippen molar-refractivity contribution in [3.63, 3.8) is 0 Å². The Morgan fingerprint density at radius 1 is 1.35 bits per heavy atom. The van der Waals surface area contributed by atoms with Crippen molar-refractivity contribution in [3.8, 4) is 0 Å². The summed E-state index contributed by atoms with van der Waals surface area (Å²) in [4.78, 5) is 14.5. The average Bonchev–Trinajstić information content (AvgIpc) is 3.11. The highest BCUT2D eigenvalue weighted by atomic mass is 15.2. The quantitative estimate of drug-likeness (QED) is 0.774. The molecule has 20 heavy (non-hydrogen) atoms. The molecule has 0 aromatic carbocycles. The van der Waals surface area contributed by atoms with Crippen LogP contribution in [0.1, 0.15) is 12.8 Å². The lowest BCUT2D eigenvalue weighted by atomic mass is 10.1. The Bertz CT molecular complexity index is 761. The molecule has 1 aliphatic rings. The van der Waals surface area contributed by atoms with Gasteiger partial charge in [-0.15, -0.1) is 0 Å². The predicted octanol–water partition coefficient (Wildman–Crippen LogP) is 3.16. The highest BCUT2D eigenvalue weighted by molar-refractivity contribution is 6.11. The fraction of sp³-hybridized carbons (Fsp3) is 0.312. The highest BCUT2D eigenvalue weighted by Crippen LogP contribution is 2.35. The summed E-state index contributed by atoms with van der Waals surface area (Å²) in [5, 5.41) is 2.42. The third-order valence-electron chi connectivity index (χ3n) is 4.31. The van der Waals surface area contributed by atoms with E-state index in [1.54, 1.807) is 0 Å².